The summed E-state index contributed by atoms with van der Waals surface area (Å²) in [5.74, 6) is 0.450. The zero-order valence-electron chi connectivity index (χ0n) is 12.9. The molecule has 0 bridgehead atoms. The van der Waals surface area contributed by atoms with Crippen molar-refractivity contribution in [3.05, 3.63) is 34.8 Å². The SMILES string of the molecule is CCc1nnc(NC(=O)c2cccc(OC[C@H]3CCCO3)c2)s1. The molecule has 1 saturated heterocycles. The third-order valence-corrected chi connectivity index (χ3v) is 4.53. The highest BCUT2D eigenvalue weighted by molar-refractivity contribution is 7.15. The summed E-state index contributed by atoms with van der Waals surface area (Å²) in [5.41, 5.74) is 0.531. The molecular weight excluding hydrogens is 314 g/mol. The van der Waals surface area contributed by atoms with E-state index in [2.05, 4.69) is 15.5 Å². The maximum atomic E-state index is 12.3. The van der Waals surface area contributed by atoms with Gasteiger partial charge in [-0.25, -0.2) is 0 Å². The molecular formula is C16H19N3O3S. The number of rotatable bonds is 6. The fraction of sp³-hybridized carbons (Fsp3) is 0.438. The Balaban J connectivity index is 1.60. The molecule has 23 heavy (non-hydrogen) atoms. The molecule has 7 heteroatoms. The minimum atomic E-state index is -0.216. The quantitative estimate of drug-likeness (QED) is 0.880. The van der Waals surface area contributed by atoms with Crippen LogP contribution in [0.3, 0.4) is 0 Å². The number of hydrogen-bond acceptors (Lipinski definition) is 6. The van der Waals surface area contributed by atoms with Crippen LogP contribution in [-0.2, 0) is 11.2 Å². The molecule has 0 radical (unpaired) electrons. The number of anilines is 1. The van der Waals surface area contributed by atoms with Crippen LogP contribution in [0.25, 0.3) is 0 Å². The summed E-state index contributed by atoms with van der Waals surface area (Å²) in [7, 11) is 0. The van der Waals surface area contributed by atoms with E-state index in [1.807, 2.05) is 13.0 Å². The molecule has 1 atom stereocenters. The topological polar surface area (TPSA) is 73.3 Å². The van der Waals surface area contributed by atoms with Crippen molar-refractivity contribution in [2.45, 2.75) is 32.3 Å². The van der Waals surface area contributed by atoms with Crippen LogP contribution in [0.2, 0.25) is 0 Å². The molecule has 2 aromatic rings. The predicted molar refractivity (Wildman–Crippen MR) is 88.2 cm³/mol. The molecule has 122 valence electrons. The van der Waals surface area contributed by atoms with Crippen molar-refractivity contribution in [3.63, 3.8) is 0 Å². The first-order chi connectivity index (χ1) is 11.2. The van der Waals surface area contributed by atoms with Crippen molar-refractivity contribution in [2.24, 2.45) is 0 Å². The van der Waals surface area contributed by atoms with Gasteiger partial charge in [0.15, 0.2) is 0 Å². The van der Waals surface area contributed by atoms with E-state index in [1.165, 1.54) is 11.3 Å². The summed E-state index contributed by atoms with van der Waals surface area (Å²) in [6, 6.07) is 7.12. The van der Waals surface area contributed by atoms with Gasteiger partial charge in [-0.05, 0) is 37.5 Å². The highest BCUT2D eigenvalue weighted by atomic mass is 32.1. The number of hydrogen-bond donors (Lipinski definition) is 1. The molecule has 1 aromatic heterocycles. The first-order valence-electron chi connectivity index (χ1n) is 7.73. The first kappa shape index (κ1) is 15.9. The van der Waals surface area contributed by atoms with Crippen LogP contribution in [-0.4, -0.2) is 35.4 Å². The van der Waals surface area contributed by atoms with E-state index in [0.29, 0.717) is 23.1 Å². The molecule has 1 fully saturated rings. The molecule has 1 amide bonds. The molecule has 1 aromatic carbocycles. The average Bonchev–Trinajstić information content (AvgIpc) is 3.24. The van der Waals surface area contributed by atoms with Crippen molar-refractivity contribution in [1.29, 1.82) is 0 Å². The molecule has 1 N–H and O–H groups in total. The van der Waals surface area contributed by atoms with Gasteiger partial charge in [-0.3, -0.25) is 10.1 Å². The monoisotopic (exact) mass is 333 g/mol. The highest BCUT2D eigenvalue weighted by Gasteiger charge is 2.16. The molecule has 0 aliphatic carbocycles. The van der Waals surface area contributed by atoms with Crippen LogP contribution in [0.15, 0.2) is 24.3 Å². The lowest BCUT2D eigenvalue weighted by atomic mass is 10.2. The van der Waals surface area contributed by atoms with Gasteiger partial charge in [-0.2, -0.15) is 0 Å². The standard InChI is InChI=1S/C16H19N3O3S/c1-2-14-18-19-16(23-14)17-15(20)11-5-3-6-12(9-11)22-10-13-7-4-8-21-13/h3,5-6,9,13H,2,4,7-8,10H2,1H3,(H,17,19,20)/t13-/m1/s1. The number of benzene rings is 1. The fourth-order valence-electron chi connectivity index (χ4n) is 2.31. The predicted octanol–water partition coefficient (Wildman–Crippen LogP) is 2.91. The van der Waals surface area contributed by atoms with Crippen molar-refractivity contribution >= 4 is 22.4 Å². The Bertz CT molecular complexity index is 668. The van der Waals surface area contributed by atoms with Crippen LogP contribution in [0, 0.1) is 0 Å². The third-order valence-electron chi connectivity index (χ3n) is 3.55. The number of ether oxygens (including phenoxy) is 2. The van der Waals surface area contributed by atoms with Gasteiger partial charge >= 0.3 is 0 Å². The molecule has 0 unspecified atom stereocenters. The molecule has 0 spiro atoms. The van der Waals surface area contributed by atoms with Gasteiger partial charge in [-0.1, -0.05) is 24.3 Å². The lowest BCUT2D eigenvalue weighted by Gasteiger charge is -2.12. The number of carbonyl (C=O) groups excluding carboxylic acids is 1. The Labute approximate surface area is 138 Å². The number of aryl methyl sites for hydroxylation is 1. The Morgan fingerprint density at radius 3 is 3.13 bits per heavy atom. The summed E-state index contributed by atoms with van der Waals surface area (Å²) in [5, 5.41) is 12.1. The summed E-state index contributed by atoms with van der Waals surface area (Å²) in [4.78, 5) is 12.3. The molecule has 0 saturated carbocycles. The van der Waals surface area contributed by atoms with Crippen LogP contribution in [0.5, 0.6) is 5.75 Å². The van der Waals surface area contributed by atoms with Crippen LogP contribution >= 0.6 is 11.3 Å². The minimum Gasteiger partial charge on any atom is -0.491 e. The van der Waals surface area contributed by atoms with Gasteiger partial charge < -0.3 is 9.47 Å². The van der Waals surface area contributed by atoms with E-state index in [1.54, 1.807) is 18.2 Å². The van der Waals surface area contributed by atoms with E-state index < -0.39 is 0 Å². The van der Waals surface area contributed by atoms with E-state index in [4.69, 9.17) is 9.47 Å². The Kier molecular flexibility index (Phi) is 5.19. The first-order valence-corrected chi connectivity index (χ1v) is 8.54. The molecule has 1 aliphatic heterocycles. The number of carbonyl (C=O) groups is 1. The number of aromatic nitrogens is 2. The average molecular weight is 333 g/mol. The molecule has 2 heterocycles. The van der Waals surface area contributed by atoms with Crippen molar-refractivity contribution in [1.82, 2.24) is 10.2 Å². The Morgan fingerprint density at radius 2 is 2.39 bits per heavy atom. The second-order valence-electron chi connectivity index (χ2n) is 5.28. The Hall–Kier alpha value is -1.99. The van der Waals surface area contributed by atoms with E-state index >= 15 is 0 Å². The largest absolute Gasteiger partial charge is 0.491 e. The maximum Gasteiger partial charge on any atom is 0.257 e. The summed E-state index contributed by atoms with van der Waals surface area (Å²) >= 11 is 1.39. The zero-order chi connectivity index (χ0) is 16.1. The lowest BCUT2D eigenvalue weighted by molar-refractivity contribution is 0.0679. The van der Waals surface area contributed by atoms with Crippen molar-refractivity contribution < 1.29 is 14.3 Å². The van der Waals surface area contributed by atoms with Crippen LogP contribution in [0.1, 0.15) is 35.1 Å². The smallest absolute Gasteiger partial charge is 0.257 e. The van der Waals surface area contributed by atoms with Gasteiger partial charge in [0.25, 0.3) is 5.91 Å². The maximum absolute atomic E-state index is 12.3. The molecule has 6 nitrogen and oxygen atoms in total. The summed E-state index contributed by atoms with van der Waals surface area (Å²) in [6.45, 7) is 3.32. The zero-order valence-corrected chi connectivity index (χ0v) is 13.8. The van der Waals surface area contributed by atoms with Gasteiger partial charge in [0.05, 0.1) is 6.10 Å². The highest BCUT2D eigenvalue weighted by Crippen LogP contribution is 2.19. The fourth-order valence-corrected chi connectivity index (χ4v) is 2.98. The lowest BCUT2D eigenvalue weighted by Crippen LogP contribution is -2.17. The third kappa shape index (κ3) is 4.27. The van der Waals surface area contributed by atoms with E-state index in [9.17, 15) is 4.79 Å². The summed E-state index contributed by atoms with van der Waals surface area (Å²) < 4.78 is 11.2. The van der Waals surface area contributed by atoms with Gasteiger partial charge in [0.2, 0.25) is 5.13 Å². The normalized spacial score (nSPS) is 17.2. The minimum absolute atomic E-state index is 0.154. The van der Waals surface area contributed by atoms with E-state index in [-0.39, 0.29) is 12.0 Å². The second-order valence-corrected chi connectivity index (χ2v) is 6.34. The van der Waals surface area contributed by atoms with Crippen LogP contribution in [0.4, 0.5) is 5.13 Å². The van der Waals surface area contributed by atoms with Gasteiger partial charge in [-0.15, -0.1) is 10.2 Å². The molecule has 3 rings (SSSR count). The number of nitrogens with one attached hydrogen (secondary N) is 1. The van der Waals surface area contributed by atoms with E-state index in [0.717, 1.165) is 30.9 Å². The summed E-state index contributed by atoms with van der Waals surface area (Å²) in [6.07, 6.45) is 3.07. The second kappa shape index (κ2) is 7.52. The van der Waals surface area contributed by atoms with Crippen molar-refractivity contribution in [2.75, 3.05) is 18.5 Å². The van der Waals surface area contributed by atoms with Gasteiger partial charge in [0, 0.05) is 12.2 Å². The van der Waals surface area contributed by atoms with Gasteiger partial charge in [0.1, 0.15) is 17.4 Å². The van der Waals surface area contributed by atoms with Crippen LogP contribution < -0.4 is 10.1 Å². The Morgan fingerprint density at radius 1 is 1.48 bits per heavy atom. The number of nitrogens with zero attached hydrogens (tertiary/aromatic N) is 2. The number of amides is 1. The van der Waals surface area contributed by atoms with Crippen molar-refractivity contribution in [3.8, 4) is 5.75 Å². The molecule has 1 aliphatic rings.